The highest BCUT2D eigenvalue weighted by molar-refractivity contribution is 5.80. The number of rotatable bonds is 7. The summed E-state index contributed by atoms with van der Waals surface area (Å²) in [5.74, 6) is 1.14. The molecule has 1 saturated carbocycles. The Kier molecular flexibility index (Phi) is 6.07. The van der Waals surface area contributed by atoms with Gasteiger partial charge in [0, 0.05) is 51.1 Å². The molecule has 8 nitrogen and oxygen atoms in total. The second-order valence-corrected chi connectivity index (χ2v) is 7.98. The Morgan fingerprint density at radius 1 is 1.30 bits per heavy atom. The van der Waals surface area contributed by atoms with E-state index in [0.29, 0.717) is 19.4 Å². The van der Waals surface area contributed by atoms with Gasteiger partial charge in [-0.2, -0.15) is 0 Å². The average molecular weight is 378 g/mol. The van der Waals surface area contributed by atoms with Gasteiger partial charge in [-0.1, -0.05) is 5.16 Å². The molecule has 8 heteroatoms. The monoisotopic (exact) mass is 378 g/mol. The first-order valence-electron chi connectivity index (χ1n) is 10.2. The van der Waals surface area contributed by atoms with Gasteiger partial charge in [0.2, 0.25) is 5.91 Å². The van der Waals surface area contributed by atoms with E-state index < -0.39 is 6.10 Å². The first-order chi connectivity index (χ1) is 13.2. The molecule has 0 radical (unpaired) electrons. The van der Waals surface area contributed by atoms with Crippen molar-refractivity contribution in [1.82, 2.24) is 20.7 Å². The van der Waals surface area contributed by atoms with Crippen molar-refractivity contribution in [2.24, 2.45) is 5.92 Å². The zero-order valence-corrected chi connectivity index (χ0v) is 15.7. The van der Waals surface area contributed by atoms with E-state index in [0.717, 1.165) is 63.4 Å². The summed E-state index contributed by atoms with van der Waals surface area (Å²) in [7, 11) is 0. The highest BCUT2D eigenvalue weighted by atomic mass is 16.5. The number of aliphatic hydroxyl groups excluding tert-OH is 1. The Bertz CT molecular complexity index is 627. The largest absolute Gasteiger partial charge is 0.390 e. The Morgan fingerprint density at radius 2 is 2.11 bits per heavy atom. The van der Waals surface area contributed by atoms with Crippen molar-refractivity contribution in [3.05, 3.63) is 17.5 Å². The van der Waals surface area contributed by atoms with E-state index in [2.05, 4.69) is 20.7 Å². The molecule has 0 bridgehead atoms. The highest BCUT2D eigenvalue weighted by Crippen LogP contribution is 2.29. The van der Waals surface area contributed by atoms with E-state index in [9.17, 15) is 9.90 Å². The second kappa shape index (κ2) is 8.68. The third-order valence-electron chi connectivity index (χ3n) is 5.64. The highest BCUT2D eigenvalue weighted by Gasteiger charge is 2.33. The predicted molar refractivity (Wildman–Crippen MR) is 98.0 cm³/mol. The summed E-state index contributed by atoms with van der Waals surface area (Å²) in [5, 5.41) is 20.6. The smallest absolute Gasteiger partial charge is 0.223 e. The molecule has 0 spiro atoms. The molecule has 1 aliphatic carbocycles. The number of nitrogens with one attached hydrogen (secondary N) is 2. The van der Waals surface area contributed by atoms with E-state index in [-0.39, 0.29) is 24.0 Å². The molecule has 2 aliphatic heterocycles. The lowest BCUT2D eigenvalue weighted by Gasteiger charge is -2.33. The molecule has 1 aromatic rings. The molecule has 0 unspecified atom stereocenters. The van der Waals surface area contributed by atoms with Gasteiger partial charge in [0.1, 0.15) is 6.10 Å². The third kappa shape index (κ3) is 5.28. The van der Waals surface area contributed by atoms with Crippen LogP contribution in [0.1, 0.15) is 37.1 Å². The Morgan fingerprint density at radius 3 is 2.89 bits per heavy atom. The van der Waals surface area contributed by atoms with Gasteiger partial charge in [-0.25, -0.2) is 0 Å². The van der Waals surface area contributed by atoms with Crippen molar-refractivity contribution in [2.75, 3.05) is 32.7 Å². The lowest BCUT2D eigenvalue weighted by atomic mass is 9.98. The molecule has 3 fully saturated rings. The molecule has 27 heavy (non-hydrogen) atoms. The number of carbonyl (C=O) groups excluding carboxylic acids is 1. The number of carbonyl (C=O) groups is 1. The molecule has 2 saturated heterocycles. The number of ether oxygens (including phenoxy) is 1. The van der Waals surface area contributed by atoms with E-state index in [4.69, 9.17) is 9.26 Å². The van der Waals surface area contributed by atoms with Crippen LogP contribution in [0.15, 0.2) is 10.6 Å². The van der Waals surface area contributed by atoms with Crippen LogP contribution in [0, 0.1) is 5.92 Å². The molecular formula is C19H30N4O4. The quantitative estimate of drug-likeness (QED) is 0.617. The summed E-state index contributed by atoms with van der Waals surface area (Å²) >= 11 is 0. The molecular weight excluding hydrogens is 348 g/mol. The summed E-state index contributed by atoms with van der Waals surface area (Å²) in [6.45, 7) is 5.23. The molecule has 3 N–H and O–H groups in total. The summed E-state index contributed by atoms with van der Waals surface area (Å²) in [6, 6.07) is 2.01. The van der Waals surface area contributed by atoms with Crippen molar-refractivity contribution in [3.8, 4) is 0 Å². The van der Waals surface area contributed by atoms with Crippen LogP contribution in [0.4, 0.5) is 0 Å². The molecule has 1 amide bonds. The minimum absolute atomic E-state index is 0.00614. The van der Waals surface area contributed by atoms with Crippen LogP contribution in [0.5, 0.6) is 0 Å². The van der Waals surface area contributed by atoms with Crippen LogP contribution in [0.3, 0.4) is 0 Å². The molecule has 1 aromatic heterocycles. The number of hydrogen-bond acceptors (Lipinski definition) is 7. The van der Waals surface area contributed by atoms with Gasteiger partial charge in [0.05, 0.1) is 24.4 Å². The van der Waals surface area contributed by atoms with Crippen LogP contribution >= 0.6 is 0 Å². The number of amides is 1. The fourth-order valence-electron chi connectivity index (χ4n) is 3.82. The zero-order chi connectivity index (χ0) is 18.6. The van der Waals surface area contributed by atoms with Gasteiger partial charge >= 0.3 is 0 Å². The molecule has 3 heterocycles. The topological polar surface area (TPSA) is 99.9 Å². The molecule has 150 valence electrons. The fraction of sp³-hybridized carbons (Fsp3) is 0.789. The summed E-state index contributed by atoms with van der Waals surface area (Å²) in [6.07, 6.45) is 3.21. The number of piperazine rings is 1. The Hall–Kier alpha value is -1.48. The first kappa shape index (κ1) is 18.9. The Labute approximate surface area is 159 Å². The number of aromatic nitrogens is 1. The minimum Gasteiger partial charge on any atom is -0.390 e. The van der Waals surface area contributed by atoms with Crippen molar-refractivity contribution >= 4 is 5.91 Å². The van der Waals surface area contributed by atoms with E-state index >= 15 is 0 Å². The van der Waals surface area contributed by atoms with Crippen molar-refractivity contribution < 1.29 is 19.2 Å². The van der Waals surface area contributed by atoms with Gasteiger partial charge in [-0.3, -0.25) is 9.69 Å². The summed E-state index contributed by atoms with van der Waals surface area (Å²) in [4.78, 5) is 14.2. The second-order valence-electron chi connectivity index (χ2n) is 7.98. The van der Waals surface area contributed by atoms with Crippen molar-refractivity contribution in [2.45, 2.75) is 57.0 Å². The summed E-state index contributed by atoms with van der Waals surface area (Å²) < 4.78 is 11.5. The predicted octanol–water partition coefficient (Wildman–Crippen LogP) is 0.0570. The standard InChI is InChI=1S/C19H30N4O4/c24-17-4-3-15(26-18(17)11-21-19(25)13-1-2-13)9-14-10-16(27-22-14)12-23-7-5-20-6-8-23/h10,13,15,17-18,20,24H,1-9,11-12H2,(H,21,25)/t15-,17-,18+/m0/s1. The van der Waals surface area contributed by atoms with Gasteiger partial charge in [-0.15, -0.1) is 0 Å². The van der Waals surface area contributed by atoms with Crippen LogP contribution in [-0.2, 0) is 22.5 Å². The maximum Gasteiger partial charge on any atom is 0.223 e. The van der Waals surface area contributed by atoms with Crippen LogP contribution < -0.4 is 10.6 Å². The molecule has 4 rings (SSSR count). The van der Waals surface area contributed by atoms with Crippen LogP contribution in [0.2, 0.25) is 0 Å². The van der Waals surface area contributed by atoms with E-state index in [1.807, 2.05) is 6.07 Å². The van der Waals surface area contributed by atoms with Gasteiger partial charge in [-0.05, 0) is 25.7 Å². The maximum atomic E-state index is 11.8. The molecule has 3 aliphatic rings. The van der Waals surface area contributed by atoms with Crippen LogP contribution in [-0.4, -0.2) is 72.1 Å². The number of aliphatic hydroxyl groups is 1. The third-order valence-corrected chi connectivity index (χ3v) is 5.64. The summed E-state index contributed by atoms with van der Waals surface area (Å²) in [5.41, 5.74) is 0.891. The van der Waals surface area contributed by atoms with Gasteiger partial charge in [0.15, 0.2) is 5.76 Å². The molecule has 3 atom stereocenters. The Balaban J connectivity index is 1.25. The van der Waals surface area contributed by atoms with Crippen LogP contribution in [0.25, 0.3) is 0 Å². The van der Waals surface area contributed by atoms with Gasteiger partial charge in [0.25, 0.3) is 0 Å². The van der Waals surface area contributed by atoms with Crippen molar-refractivity contribution in [3.63, 3.8) is 0 Å². The average Bonchev–Trinajstić information content (AvgIpc) is 3.44. The van der Waals surface area contributed by atoms with Gasteiger partial charge < -0.3 is 25.0 Å². The minimum atomic E-state index is -0.527. The van der Waals surface area contributed by atoms with E-state index in [1.165, 1.54) is 0 Å². The van der Waals surface area contributed by atoms with E-state index in [1.54, 1.807) is 0 Å². The lowest BCUT2D eigenvalue weighted by molar-refractivity contribution is -0.130. The first-order valence-corrected chi connectivity index (χ1v) is 10.2. The van der Waals surface area contributed by atoms with Crippen molar-refractivity contribution in [1.29, 1.82) is 0 Å². The lowest BCUT2D eigenvalue weighted by Crippen LogP contribution is -2.46. The molecule has 0 aromatic carbocycles. The normalized spacial score (nSPS) is 29.6. The fourth-order valence-corrected chi connectivity index (χ4v) is 3.82. The number of nitrogens with zero attached hydrogens (tertiary/aromatic N) is 2. The SMILES string of the molecule is O=C(NC[C@H]1O[C@H](Cc2cc(CN3CCNCC3)on2)CC[C@@H]1O)C1CC1. The number of hydrogen-bond donors (Lipinski definition) is 3. The maximum absolute atomic E-state index is 11.8. The zero-order valence-electron chi connectivity index (χ0n) is 15.7.